The molecule has 41 heavy (non-hydrogen) atoms. The van der Waals surface area contributed by atoms with Crippen molar-refractivity contribution in [2.45, 2.75) is 44.7 Å². The Labute approximate surface area is 243 Å². The lowest BCUT2D eigenvalue weighted by Gasteiger charge is -2.33. The van der Waals surface area contributed by atoms with Crippen LogP contribution in [0.1, 0.15) is 32.8 Å². The van der Waals surface area contributed by atoms with E-state index in [-0.39, 0.29) is 34.7 Å². The van der Waals surface area contributed by atoms with Crippen LogP contribution in [0.5, 0.6) is 11.5 Å². The number of nitrogens with one attached hydrogen (secondary N) is 1. The maximum Gasteiger partial charge on any atom is 0.264 e. The van der Waals surface area contributed by atoms with Gasteiger partial charge >= 0.3 is 0 Å². The second-order valence-electron chi connectivity index (χ2n) is 9.93. The van der Waals surface area contributed by atoms with Crippen molar-refractivity contribution >= 4 is 27.5 Å². The summed E-state index contributed by atoms with van der Waals surface area (Å²) in [6, 6.07) is 21.1. The molecule has 220 valence electrons. The van der Waals surface area contributed by atoms with Gasteiger partial charge in [-0.15, -0.1) is 0 Å². The molecule has 0 aliphatic carbocycles. The zero-order chi connectivity index (χ0) is 30.0. The van der Waals surface area contributed by atoms with Crippen molar-refractivity contribution in [1.29, 1.82) is 0 Å². The molecule has 0 aliphatic rings. The molecule has 0 spiro atoms. The number of ether oxygens (including phenoxy) is 2. The van der Waals surface area contributed by atoms with E-state index in [2.05, 4.69) is 5.32 Å². The number of rotatable bonds is 14. The highest BCUT2D eigenvalue weighted by atomic mass is 32.2. The SMILES string of the molecule is CCC(C(=O)NCC(C)C)N(Cc1ccccc1)C(=O)CN(c1ccccc1OC)S(=O)(=O)c1ccc(OC)cc1. The van der Waals surface area contributed by atoms with E-state index in [1.165, 1.54) is 31.3 Å². The normalized spacial score (nSPS) is 12.0. The van der Waals surface area contributed by atoms with Gasteiger partial charge in [0.2, 0.25) is 11.8 Å². The minimum Gasteiger partial charge on any atom is -0.497 e. The van der Waals surface area contributed by atoms with Crippen LogP contribution in [0, 0.1) is 5.92 Å². The number of carbonyl (C=O) groups is 2. The first-order valence-corrected chi connectivity index (χ1v) is 15.0. The number of amides is 2. The smallest absolute Gasteiger partial charge is 0.264 e. The van der Waals surface area contributed by atoms with Crippen LogP contribution in [0.4, 0.5) is 5.69 Å². The molecule has 3 rings (SSSR count). The summed E-state index contributed by atoms with van der Waals surface area (Å²) >= 11 is 0. The molecule has 0 heterocycles. The topological polar surface area (TPSA) is 105 Å². The van der Waals surface area contributed by atoms with E-state index in [0.29, 0.717) is 18.7 Å². The number of hydrogen-bond donors (Lipinski definition) is 1. The Balaban J connectivity index is 2.07. The highest BCUT2D eigenvalue weighted by molar-refractivity contribution is 7.92. The Hall–Kier alpha value is -4.05. The number of methoxy groups -OCH3 is 2. The van der Waals surface area contributed by atoms with Gasteiger partial charge in [-0.25, -0.2) is 8.42 Å². The lowest BCUT2D eigenvalue weighted by Crippen LogP contribution is -2.52. The fourth-order valence-electron chi connectivity index (χ4n) is 4.35. The van der Waals surface area contributed by atoms with E-state index >= 15 is 0 Å². The third kappa shape index (κ3) is 8.00. The van der Waals surface area contributed by atoms with Crippen molar-refractivity contribution in [2.24, 2.45) is 5.92 Å². The van der Waals surface area contributed by atoms with Gasteiger partial charge in [-0.05, 0) is 54.3 Å². The van der Waals surface area contributed by atoms with Crippen LogP contribution in [-0.2, 0) is 26.2 Å². The minimum atomic E-state index is -4.24. The molecule has 3 aromatic carbocycles. The quantitative estimate of drug-likeness (QED) is 0.301. The van der Waals surface area contributed by atoms with Gasteiger partial charge in [-0.3, -0.25) is 13.9 Å². The molecule has 1 N–H and O–H groups in total. The average Bonchev–Trinajstić information content (AvgIpc) is 2.99. The Bertz CT molecular complexity index is 1390. The fraction of sp³-hybridized carbons (Fsp3) is 0.355. The molecule has 0 fully saturated rings. The van der Waals surface area contributed by atoms with Gasteiger partial charge in [-0.1, -0.05) is 63.2 Å². The molecule has 10 heteroatoms. The van der Waals surface area contributed by atoms with Crippen LogP contribution < -0.4 is 19.1 Å². The summed E-state index contributed by atoms with van der Waals surface area (Å²) < 4.78 is 39.8. The van der Waals surface area contributed by atoms with Crippen LogP contribution in [0.2, 0.25) is 0 Å². The van der Waals surface area contributed by atoms with Crippen LogP contribution >= 0.6 is 0 Å². The molecule has 0 saturated carbocycles. The van der Waals surface area contributed by atoms with Gasteiger partial charge in [0.05, 0.1) is 24.8 Å². The third-order valence-corrected chi connectivity index (χ3v) is 8.32. The monoisotopic (exact) mass is 581 g/mol. The molecule has 0 aromatic heterocycles. The minimum absolute atomic E-state index is 0.0201. The molecule has 2 amide bonds. The van der Waals surface area contributed by atoms with Crippen molar-refractivity contribution in [3.8, 4) is 11.5 Å². The Morgan fingerprint density at radius 3 is 2.10 bits per heavy atom. The molecular weight excluding hydrogens is 542 g/mol. The molecule has 1 atom stereocenters. The molecular formula is C31H39N3O6S. The number of para-hydroxylation sites is 2. The standard InChI is InChI=1S/C31H39N3O6S/c1-6-27(31(36)32-20-23(2)3)33(21-24-12-8-7-9-13-24)30(35)22-34(28-14-10-11-15-29(28)40-5)41(37,38)26-18-16-25(39-4)17-19-26/h7-19,23,27H,6,20-22H2,1-5H3,(H,32,36). The van der Waals surface area contributed by atoms with E-state index in [1.807, 2.05) is 51.1 Å². The zero-order valence-electron chi connectivity index (χ0n) is 24.2. The highest BCUT2D eigenvalue weighted by Crippen LogP contribution is 2.33. The summed E-state index contributed by atoms with van der Waals surface area (Å²) in [5.41, 5.74) is 1.02. The van der Waals surface area contributed by atoms with Crippen LogP contribution in [0.15, 0.2) is 83.8 Å². The maximum absolute atomic E-state index is 14.1. The average molecular weight is 582 g/mol. The number of benzene rings is 3. The predicted molar refractivity (Wildman–Crippen MR) is 159 cm³/mol. The molecule has 0 saturated heterocycles. The van der Waals surface area contributed by atoms with Crippen molar-refractivity contribution in [1.82, 2.24) is 10.2 Å². The van der Waals surface area contributed by atoms with E-state index < -0.39 is 28.5 Å². The summed E-state index contributed by atoms with van der Waals surface area (Å²) in [6.07, 6.45) is 0.350. The van der Waals surface area contributed by atoms with Crippen LogP contribution in [0.25, 0.3) is 0 Å². The molecule has 3 aromatic rings. The van der Waals surface area contributed by atoms with Crippen molar-refractivity contribution in [3.05, 3.63) is 84.4 Å². The molecule has 0 aliphatic heterocycles. The zero-order valence-corrected chi connectivity index (χ0v) is 25.1. The van der Waals surface area contributed by atoms with Gasteiger partial charge in [0.25, 0.3) is 10.0 Å². The summed E-state index contributed by atoms with van der Waals surface area (Å²) in [7, 11) is -1.31. The van der Waals surface area contributed by atoms with Crippen molar-refractivity contribution < 1.29 is 27.5 Å². The number of hydrogen-bond acceptors (Lipinski definition) is 6. The fourth-order valence-corrected chi connectivity index (χ4v) is 5.77. The molecule has 9 nitrogen and oxygen atoms in total. The van der Waals surface area contributed by atoms with Crippen molar-refractivity contribution in [2.75, 3.05) is 31.6 Å². The highest BCUT2D eigenvalue weighted by Gasteiger charge is 2.34. The number of anilines is 1. The second kappa shape index (κ2) is 14.5. The van der Waals surface area contributed by atoms with Gasteiger partial charge < -0.3 is 19.7 Å². The van der Waals surface area contributed by atoms with Crippen LogP contribution in [-0.4, -0.2) is 58.5 Å². The number of carbonyl (C=O) groups excluding carboxylic acids is 2. The lowest BCUT2D eigenvalue weighted by atomic mass is 10.1. The summed E-state index contributed by atoms with van der Waals surface area (Å²) in [6.45, 7) is 5.86. The Morgan fingerprint density at radius 2 is 1.51 bits per heavy atom. The van der Waals surface area contributed by atoms with Gasteiger partial charge in [0.15, 0.2) is 0 Å². The first-order valence-electron chi connectivity index (χ1n) is 13.5. The van der Waals surface area contributed by atoms with Gasteiger partial charge in [-0.2, -0.15) is 0 Å². The van der Waals surface area contributed by atoms with E-state index in [9.17, 15) is 18.0 Å². The largest absolute Gasteiger partial charge is 0.497 e. The Kier molecular flexibility index (Phi) is 11.2. The van der Waals surface area contributed by atoms with Crippen LogP contribution in [0.3, 0.4) is 0 Å². The van der Waals surface area contributed by atoms with Gasteiger partial charge in [0, 0.05) is 13.1 Å². The first-order chi connectivity index (χ1) is 19.6. The molecule has 0 radical (unpaired) electrons. The Morgan fingerprint density at radius 1 is 0.878 bits per heavy atom. The predicted octanol–water partition coefficient (Wildman–Crippen LogP) is 4.48. The summed E-state index contributed by atoms with van der Waals surface area (Å²) in [5, 5.41) is 2.93. The second-order valence-corrected chi connectivity index (χ2v) is 11.8. The van der Waals surface area contributed by atoms with Gasteiger partial charge in [0.1, 0.15) is 24.1 Å². The third-order valence-electron chi connectivity index (χ3n) is 6.55. The summed E-state index contributed by atoms with van der Waals surface area (Å²) in [4.78, 5) is 28.8. The van der Waals surface area contributed by atoms with Crippen molar-refractivity contribution in [3.63, 3.8) is 0 Å². The number of nitrogens with zero attached hydrogens (tertiary/aromatic N) is 2. The first kappa shape index (κ1) is 31.5. The van der Waals surface area contributed by atoms with E-state index in [4.69, 9.17) is 9.47 Å². The van der Waals surface area contributed by atoms with E-state index in [1.54, 1.807) is 36.4 Å². The maximum atomic E-state index is 14.1. The lowest BCUT2D eigenvalue weighted by molar-refractivity contribution is -0.140. The number of sulfonamides is 1. The summed E-state index contributed by atoms with van der Waals surface area (Å²) in [5.74, 6) is 0.200. The molecule has 1 unspecified atom stereocenters. The molecule has 0 bridgehead atoms. The van der Waals surface area contributed by atoms with E-state index in [0.717, 1.165) is 9.87 Å².